The Balaban J connectivity index is 2.63. The molecule has 0 saturated carbocycles. The van der Waals surface area contributed by atoms with Crippen LogP contribution in [0.25, 0.3) is 0 Å². The molecule has 0 aromatic heterocycles. The number of rotatable bonds is 8. The number of nitrogens with one attached hydrogen (secondary N) is 1. The summed E-state index contributed by atoms with van der Waals surface area (Å²) in [5.41, 5.74) is 7.58. The lowest BCUT2D eigenvalue weighted by molar-refractivity contribution is -0.124. The van der Waals surface area contributed by atoms with Crippen LogP contribution in [0.5, 0.6) is 0 Å². The van der Waals surface area contributed by atoms with E-state index >= 15 is 0 Å². The van der Waals surface area contributed by atoms with Crippen molar-refractivity contribution in [2.75, 3.05) is 18.8 Å². The number of anilines is 1. The van der Waals surface area contributed by atoms with Gasteiger partial charge in [0.2, 0.25) is 5.91 Å². The molecule has 0 aliphatic heterocycles. The molecular weight excluding hydrogens is 262 g/mol. The maximum atomic E-state index is 12.2. The molecule has 21 heavy (non-hydrogen) atoms. The SMILES string of the molecule is CCCN(CC(=O)NC(C)(C)CC)Cc1cccc(N)c1. The molecule has 0 aliphatic carbocycles. The number of nitrogens with two attached hydrogens (primary N) is 1. The van der Waals surface area contributed by atoms with Crippen molar-refractivity contribution < 1.29 is 4.79 Å². The van der Waals surface area contributed by atoms with Gasteiger partial charge in [0.15, 0.2) is 0 Å². The fourth-order valence-corrected chi connectivity index (χ4v) is 2.19. The van der Waals surface area contributed by atoms with Crippen molar-refractivity contribution in [2.45, 2.75) is 52.6 Å². The maximum absolute atomic E-state index is 12.2. The van der Waals surface area contributed by atoms with E-state index in [1.807, 2.05) is 38.1 Å². The number of carbonyl (C=O) groups is 1. The van der Waals surface area contributed by atoms with Gasteiger partial charge < -0.3 is 11.1 Å². The Kier molecular flexibility index (Phi) is 6.69. The number of hydrogen-bond donors (Lipinski definition) is 2. The fourth-order valence-electron chi connectivity index (χ4n) is 2.19. The van der Waals surface area contributed by atoms with Gasteiger partial charge in [0.05, 0.1) is 6.54 Å². The number of hydrogen-bond acceptors (Lipinski definition) is 3. The van der Waals surface area contributed by atoms with Crippen molar-refractivity contribution in [1.29, 1.82) is 0 Å². The molecule has 0 saturated heterocycles. The van der Waals surface area contributed by atoms with E-state index in [1.54, 1.807) is 0 Å². The smallest absolute Gasteiger partial charge is 0.234 e. The minimum Gasteiger partial charge on any atom is -0.399 e. The summed E-state index contributed by atoms with van der Waals surface area (Å²) in [6.07, 6.45) is 1.94. The summed E-state index contributed by atoms with van der Waals surface area (Å²) >= 11 is 0. The number of benzene rings is 1. The minimum atomic E-state index is -0.147. The van der Waals surface area contributed by atoms with Gasteiger partial charge in [-0.1, -0.05) is 26.0 Å². The van der Waals surface area contributed by atoms with Gasteiger partial charge in [0, 0.05) is 17.8 Å². The first-order valence-electron chi connectivity index (χ1n) is 7.74. The normalized spacial score (nSPS) is 11.7. The van der Waals surface area contributed by atoms with Crippen LogP contribution in [0.4, 0.5) is 5.69 Å². The van der Waals surface area contributed by atoms with Crippen molar-refractivity contribution in [3.05, 3.63) is 29.8 Å². The van der Waals surface area contributed by atoms with Crippen molar-refractivity contribution >= 4 is 11.6 Å². The molecule has 1 rings (SSSR count). The predicted octanol–water partition coefficient (Wildman–Crippen LogP) is 2.79. The first-order valence-corrected chi connectivity index (χ1v) is 7.74. The minimum absolute atomic E-state index is 0.0826. The highest BCUT2D eigenvalue weighted by atomic mass is 16.2. The summed E-state index contributed by atoms with van der Waals surface area (Å²) in [5.74, 6) is 0.0826. The van der Waals surface area contributed by atoms with Gasteiger partial charge >= 0.3 is 0 Å². The molecule has 3 N–H and O–H groups in total. The molecule has 118 valence electrons. The zero-order valence-electron chi connectivity index (χ0n) is 13.8. The van der Waals surface area contributed by atoms with Crippen LogP contribution < -0.4 is 11.1 Å². The Labute approximate surface area is 128 Å². The van der Waals surface area contributed by atoms with Crippen LogP contribution in [0.3, 0.4) is 0 Å². The highest BCUT2D eigenvalue weighted by Gasteiger charge is 2.19. The van der Waals surface area contributed by atoms with Crippen LogP contribution >= 0.6 is 0 Å². The van der Waals surface area contributed by atoms with Crippen molar-refractivity contribution in [1.82, 2.24) is 10.2 Å². The van der Waals surface area contributed by atoms with E-state index in [1.165, 1.54) is 0 Å². The lowest BCUT2D eigenvalue weighted by atomic mass is 10.0. The van der Waals surface area contributed by atoms with Gasteiger partial charge in [0.25, 0.3) is 0 Å². The third kappa shape index (κ3) is 6.63. The van der Waals surface area contributed by atoms with Crippen molar-refractivity contribution in [3.8, 4) is 0 Å². The molecule has 0 radical (unpaired) electrons. The van der Waals surface area contributed by atoms with E-state index in [9.17, 15) is 4.79 Å². The van der Waals surface area contributed by atoms with Gasteiger partial charge in [-0.05, 0) is 50.9 Å². The summed E-state index contributed by atoms with van der Waals surface area (Å²) < 4.78 is 0. The Bertz CT molecular complexity index is 457. The average molecular weight is 291 g/mol. The molecule has 4 heteroatoms. The summed E-state index contributed by atoms with van der Waals surface area (Å²) in [7, 11) is 0. The Morgan fingerprint density at radius 2 is 2.05 bits per heavy atom. The van der Waals surface area contributed by atoms with Crippen LogP contribution in [-0.4, -0.2) is 29.4 Å². The molecule has 0 heterocycles. The molecule has 1 amide bonds. The summed E-state index contributed by atoms with van der Waals surface area (Å²) in [6.45, 7) is 10.4. The third-order valence-corrected chi connectivity index (χ3v) is 3.63. The lowest BCUT2D eigenvalue weighted by Crippen LogP contribution is -2.47. The number of amides is 1. The van der Waals surface area contributed by atoms with E-state index in [0.717, 1.165) is 37.2 Å². The second-order valence-corrected chi connectivity index (χ2v) is 6.24. The summed E-state index contributed by atoms with van der Waals surface area (Å²) in [4.78, 5) is 14.3. The van der Waals surface area contributed by atoms with E-state index in [-0.39, 0.29) is 11.4 Å². The molecule has 0 spiro atoms. The zero-order valence-corrected chi connectivity index (χ0v) is 13.8. The van der Waals surface area contributed by atoms with Gasteiger partial charge in [-0.2, -0.15) is 0 Å². The highest BCUT2D eigenvalue weighted by molar-refractivity contribution is 5.78. The van der Waals surface area contributed by atoms with Crippen molar-refractivity contribution in [2.24, 2.45) is 0 Å². The summed E-state index contributed by atoms with van der Waals surface area (Å²) in [6, 6.07) is 7.85. The monoisotopic (exact) mass is 291 g/mol. The predicted molar refractivity (Wildman–Crippen MR) is 88.9 cm³/mol. The third-order valence-electron chi connectivity index (χ3n) is 3.63. The molecule has 1 aromatic carbocycles. The molecule has 1 aromatic rings. The molecule has 4 nitrogen and oxygen atoms in total. The van der Waals surface area contributed by atoms with Crippen LogP contribution in [-0.2, 0) is 11.3 Å². The molecule has 0 unspecified atom stereocenters. The second-order valence-electron chi connectivity index (χ2n) is 6.24. The molecule has 0 atom stereocenters. The first-order chi connectivity index (χ1) is 9.86. The van der Waals surface area contributed by atoms with Gasteiger partial charge in [-0.15, -0.1) is 0 Å². The number of carbonyl (C=O) groups excluding carboxylic acids is 1. The topological polar surface area (TPSA) is 58.4 Å². The van der Waals surface area contributed by atoms with Crippen LogP contribution in [0.2, 0.25) is 0 Å². The Morgan fingerprint density at radius 1 is 1.33 bits per heavy atom. The van der Waals surface area contributed by atoms with E-state index < -0.39 is 0 Å². The Morgan fingerprint density at radius 3 is 2.62 bits per heavy atom. The van der Waals surface area contributed by atoms with Gasteiger partial charge in [-0.3, -0.25) is 9.69 Å². The fraction of sp³-hybridized carbons (Fsp3) is 0.588. The second kappa shape index (κ2) is 8.03. The van der Waals surface area contributed by atoms with Crippen LogP contribution in [0.1, 0.15) is 46.1 Å². The van der Waals surface area contributed by atoms with Crippen LogP contribution in [0.15, 0.2) is 24.3 Å². The van der Waals surface area contributed by atoms with E-state index in [0.29, 0.717) is 6.54 Å². The lowest BCUT2D eigenvalue weighted by Gasteiger charge is -2.27. The van der Waals surface area contributed by atoms with Crippen LogP contribution in [0, 0.1) is 0 Å². The van der Waals surface area contributed by atoms with Crippen molar-refractivity contribution in [3.63, 3.8) is 0 Å². The van der Waals surface area contributed by atoms with E-state index in [2.05, 4.69) is 24.1 Å². The number of nitrogen functional groups attached to an aromatic ring is 1. The largest absolute Gasteiger partial charge is 0.399 e. The Hall–Kier alpha value is -1.55. The molecular formula is C17H29N3O. The average Bonchev–Trinajstić information content (AvgIpc) is 2.38. The number of nitrogens with zero attached hydrogens (tertiary/aromatic N) is 1. The first kappa shape index (κ1) is 17.5. The summed E-state index contributed by atoms with van der Waals surface area (Å²) in [5, 5.41) is 3.09. The maximum Gasteiger partial charge on any atom is 0.234 e. The van der Waals surface area contributed by atoms with Gasteiger partial charge in [0.1, 0.15) is 0 Å². The molecule has 0 fully saturated rings. The zero-order chi connectivity index (χ0) is 15.9. The van der Waals surface area contributed by atoms with E-state index in [4.69, 9.17) is 5.73 Å². The quantitative estimate of drug-likeness (QED) is 0.724. The highest BCUT2D eigenvalue weighted by Crippen LogP contribution is 2.11. The molecule has 0 bridgehead atoms. The molecule has 0 aliphatic rings. The van der Waals surface area contributed by atoms with Gasteiger partial charge in [-0.25, -0.2) is 0 Å². The standard InChI is InChI=1S/C17H29N3O/c1-5-10-20(12-14-8-7-9-15(18)11-14)13-16(21)19-17(3,4)6-2/h7-9,11H,5-6,10,12-13,18H2,1-4H3,(H,19,21).